The standard InChI is InChI=1S/C10H23N3O2/c1-9(15-3)4-6-13(7-5-11)10(14)8-12-2/h9,12H,4-8,11H2,1-3H3/t9-/m1/s1. The van der Waals surface area contributed by atoms with Crippen LogP contribution in [0.15, 0.2) is 0 Å². The Morgan fingerprint density at radius 1 is 1.53 bits per heavy atom. The number of amides is 1. The molecular weight excluding hydrogens is 194 g/mol. The van der Waals surface area contributed by atoms with E-state index in [0.29, 0.717) is 26.2 Å². The zero-order valence-electron chi connectivity index (χ0n) is 9.95. The van der Waals surface area contributed by atoms with E-state index in [1.54, 1.807) is 19.1 Å². The van der Waals surface area contributed by atoms with Gasteiger partial charge in [-0.1, -0.05) is 0 Å². The van der Waals surface area contributed by atoms with Crippen LogP contribution in [0.3, 0.4) is 0 Å². The zero-order valence-corrected chi connectivity index (χ0v) is 9.95. The van der Waals surface area contributed by atoms with Crippen LogP contribution in [0, 0.1) is 0 Å². The number of nitrogens with zero attached hydrogens (tertiary/aromatic N) is 1. The van der Waals surface area contributed by atoms with E-state index in [1.165, 1.54) is 0 Å². The number of hydrogen-bond donors (Lipinski definition) is 2. The minimum Gasteiger partial charge on any atom is -0.382 e. The monoisotopic (exact) mass is 217 g/mol. The molecule has 0 spiro atoms. The molecule has 0 radical (unpaired) electrons. The summed E-state index contributed by atoms with van der Waals surface area (Å²) in [6, 6.07) is 0. The normalized spacial score (nSPS) is 12.5. The van der Waals surface area contributed by atoms with Gasteiger partial charge < -0.3 is 20.7 Å². The van der Waals surface area contributed by atoms with Crippen LogP contribution in [0.4, 0.5) is 0 Å². The third-order valence-electron chi connectivity index (χ3n) is 2.29. The van der Waals surface area contributed by atoms with Gasteiger partial charge in [0, 0.05) is 26.7 Å². The molecule has 0 aliphatic rings. The third kappa shape index (κ3) is 6.43. The highest BCUT2D eigenvalue weighted by molar-refractivity contribution is 5.78. The van der Waals surface area contributed by atoms with Crippen molar-refractivity contribution in [3.63, 3.8) is 0 Å². The SMILES string of the molecule is CNCC(=O)N(CCN)CC[C@@H](C)OC. The minimum atomic E-state index is 0.0891. The van der Waals surface area contributed by atoms with Crippen LogP contribution in [0.25, 0.3) is 0 Å². The summed E-state index contributed by atoms with van der Waals surface area (Å²) in [7, 11) is 3.43. The van der Waals surface area contributed by atoms with E-state index in [-0.39, 0.29) is 12.0 Å². The number of carbonyl (C=O) groups is 1. The van der Waals surface area contributed by atoms with Crippen molar-refractivity contribution in [2.24, 2.45) is 5.73 Å². The summed E-state index contributed by atoms with van der Waals surface area (Å²) in [5.41, 5.74) is 5.46. The van der Waals surface area contributed by atoms with Gasteiger partial charge in [0.05, 0.1) is 12.6 Å². The molecule has 0 heterocycles. The van der Waals surface area contributed by atoms with Gasteiger partial charge >= 0.3 is 0 Å². The summed E-state index contributed by atoms with van der Waals surface area (Å²) < 4.78 is 5.13. The molecule has 0 unspecified atom stereocenters. The number of rotatable bonds is 8. The lowest BCUT2D eigenvalue weighted by atomic mass is 10.2. The average molecular weight is 217 g/mol. The van der Waals surface area contributed by atoms with Crippen LogP contribution in [-0.2, 0) is 9.53 Å². The molecule has 0 aromatic heterocycles. The van der Waals surface area contributed by atoms with Gasteiger partial charge in [-0.05, 0) is 20.4 Å². The van der Waals surface area contributed by atoms with Crippen molar-refractivity contribution in [2.75, 3.05) is 40.3 Å². The molecule has 5 heteroatoms. The van der Waals surface area contributed by atoms with Crippen LogP contribution >= 0.6 is 0 Å². The number of nitrogens with two attached hydrogens (primary N) is 1. The number of nitrogens with one attached hydrogen (secondary N) is 1. The maximum atomic E-state index is 11.6. The van der Waals surface area contributed by atoms with Gasteiger partial charge in [-0.25, -0.2) is 0 Å². The fourth-order valence-electron chi connectivity index (χ4n) is 1.24. The average Bonchev–Trinajstić information content (AvgIpc) is 2.23. The van der Waals surface area contributed by atoms with Crippen LogP contribution in [0.1, 0.15) is 13.3 Å². The Kier molecular flexibility index (Phi) is 8.27. The smallest absolute Gasteiger partial charge is 0.236 e. The second-order valence-corrected chi connectivity index (χ2v) is 3.53. The van der Waals surface area contributed by atoms with E-state index < -0.39 is 0 Å². The van der Waals surface area contributed by atoms with Crippen LogP contribution in [0.2, 0.25) is 0 Å². The van der Waals surface area contributed by atoms with Gasteiger partial charge in [-0.2, -0.15) is 0 Å². The number of likely N-dealkylation sites (N-methyl/N-ethyl adjacent to an activating group) is 1. The molecule has 0 aromatic rings. The maximum Gasteiger partial charge on any atom is 0.236 e. The van der Waals surface area contributed by atoms with E-state index in [2.05, 4.69) is 5.32 Å². The van der Waals surface area contributed by atoms with Crippen molar-refractivity contribution < 1.29 is 9.53 Å². The molecule has 90 valence electrons. The molecule has 1 atom stereocenters. The largest absolute Gasteiger partial charge is 0.382 e. The summed E-state index contributed by atoms with van der Waals surface area (Å²) in [4.78, 5) is 13.4. The van der Waals surface area contributed by atoms with E-state index in [4.69, 9.17) is 10.5 Å². The van der Waals surface area contributed by atoms with Crippen molar-refractivity contribution >= 4 is 5.91 Å². The zero-order chi connectivity index (χ0) is 11.7. The van der Waals surface area contributed by atoms with Gasteiger partial charge in [-0.3, -0.25) is 4.79 Å². The highest BCUT2D eigenvalue weighted by Gasteiger charge is 2.12. The Balaban J connectivity index is 3.97. The number of ether oxygens (including phenoxy) is 1. The van der Waals surface area contributed by atoms with Gasteiger partial charge in [-0.15, -0.1) is 0 Å². The van der Waals surface area contributed by atoms with Crippen LogP contribution < -0.4 is 11.1 Å². The summed E-state index contributed by atoms with van der Waals surface area (Å²) >= 11 is 0. The van der Waals surface area contributed by atoms with Gasteiger partial charge in [0.25, 0.3) is 0 Å². The molecular formula is C10H23N3O2. The quantitative estimate of drug-likeness (QED) is 0.571. The van der Waals surface area contributed by atoms with Crippen molar-refractivity contribution in [3.8, 4) is 0 Å². The molecule has 3 N–H and O–H groups in total. The lowest BCUT2D eigenvalue weighted by molar-refractivity contribution is -0.130. The molecule has 0 rings (SSSR count). The number of hydrogen-bond acceptors (Lipinski definition) is 4. The molecule has 5 nitrogen and oxygen atoms in total. The number of methoxy groups -OCH3 is 1. The highest BCUT2D eigenvalue weighted by atomic mass is 16.5. The first kappa shape index (κ1) is 14.3. The minimum absolute atomic E-state index is 0.0891. The lowest BCUT2D eigenvalue weighted by Crippen LogP contribution is -2.41. The topological polar surface area (TPSA) is 67.6 Å². The first-order valence-corrected chi connectivity index (χ1v) is 5.31. The molecule has 0 fully saturated rings. The predicted molar refractivity (Wildman–Crippen MR) is 60.6 cm³/mol. The Bertz CT molecular complexity index is 176. The van der Waals surface area contributed by atoms with Crippen LogP contribution in [0.5, 0.6) is 0 Å². The molecule has 15 heavy (non-hydrogen) atoms. The molecule has 0 aromatic carbocycles. The Labute approximate surface area is 91.9 Å². The third-order valence-corrected chi connectivity index (χ3v) is 2.29. The van der Waals surface area contributed by atoms with Crippen molar-refractivity contribution in [1.82, 2.24) is 10.2 Å². The summed E-state index contributed by atoms with van der Waals surface area (Å²) in [6.45, 7) is 4.16. The van der Waals surface area contributed by atoms with E-state index in [9.17, 15) is 4.79 Å². The molecule has 0 saturated carbocycles. The van der Waals surface area contributed by atoms with Crippen LogP contribution in [-0.4, -0.2) is 57.2 Å². The molecule has 0 aliphatic heterocycles. The molecule has 0 aliphatic carbocycles. The Hall–Kier alpha value is -0.650. The van der Waals surface area contributed by atoms with E-state index in [1.807, 2.05) is 6.92 Å². The van der Waals surface area contributed by atoms with Crippen molar-refractivity contribution in [1.29, 1.82) is 0 Å². The van der Waals surface area contributed by atoms with Crippen molar-refractivity contribution in [2.45, 2.75) is 19.4 Å². The maximum absolute atomic E-state index is 11.6. The lowest BCUT2D eigenvalue weighted by Gasteiger charge is -2.23. The fraction of sp³-hybridized carbons (Fsp3) is 0.900. The summed E-state index contributed by atoms with van der Waals surface area (Å²) in [5.74, 6) is 0.0891. The highest BCUT2D eigenvalue weighted by Crippen LogP contribution is 1.99. The molecule has 0 saturated heterocycles. The van der Waals surface area contributed by atoms with Gasteiger partial charge in [0.1, 0.15) is 0 Å². The second kappa shape index (κ2) is 8.64. The van der Waals surface area contributed by atoms with Gasteiger partial charge in [0.15, 0.2) is 0 Å². The second-order valence-electron chi connectivity index (χ2n) is 3.53. The fourth-order valence-corrected chi connectivity index (χ4v) is 1.24. The van der Waals surface area contributed by atoms with Crippen molar-refractivity contribution in [3.05, 3.63) is 0 Å². The summed E-state index contributed by atoms with van der Waals surface area (Å²) in [6.07, 6.45) is 1.01. The van der Waals surface area contributed by atoms with E-state index in [0.717, 1.165) is 6.42 Å². The first-order valence-electron chi connectivity index (χ1n) is 5.31. The Morgan fingerprint density at radius 2 is 2.20 bits per heavy atom. The molecule has 1 amide bonds. The summed E-state index contributed by atoms with van der Waals surface area (Å²) in [5, 5.41) is 2.84. The first-order chi connectivity index (χ1) is 7.15. The predicted octanol–water partition coefficient (Wildman–Crippen LogP) is -0.582. The van der Waals surface area contributed by atoms with Gasteiger partial charge in [0.2, 0.25) is 5.91 Å². The van der Waals surface area contributed by atoms with E-state index >= 15 is 0 Å². The molecule has 0 bridgehead atoms. The number of carbonyl (C=O) groups excluding carboxylic acids is 1. The Morgan fingerprint density at radius 3 is 2.67 bits per heavy atom.